The molecule has 1 aliphatic heterocycles. The average molecular weight is 455 g/mol. The van der Waals surface area contributed by atoms with E-state index in [9.17, 15) is 19.7 Å². The lowest BCUT2D eigenvalue weighted by Gasteiger charge is -2.37. The summed E-state index contributed by atoms with van der Waals surface area (Å²) in [5.74, 6) is -0.202. The summed E-state index contributed by atoms with van der Waals surface area (Å²) in [6.45, 7) is 7.69. The van der Waals surface area contributed by atoms with Crippen molar-refractivity contribution in [2.45, 2.75) is 38.8 Å². The van der Waals surface area contributed by atoms with Crippen molar-refractivity contribution in [3.05, 3.63) is 70.3 Å². The Morgan fingerprint density at radius 2 is 1.64 bits per heavy atom. The number of benzene rings is 2. The molecule has 2 aromatic carbocycles. The molecule has 0 aliphatic carbocycles. The molecular formula is C24H30N4O5. The first-order valence-electron chi connectivity index (χ1n) is 10.9. The van der Waals surface area contributed by atoms with Crippen LogP contribution < -0.4 is 10.2 Å². The number of nitrogens with zero attached hydrogens (tertiary/aromatic N) is 3. The van der Waals surface area contributed by atoms with Gasteiger partial charge in [0.15, 0.2) is 0 Å². The Morgan fingerprint density at radius 1 is 1.03 bits per heavy atom. The van der Waals surface area contributed by atoms with Gasteiger partial charge in [0.25, 0.3) is 5.69 Å². The fourth-order valence-electron chi connectivity index (χ4n) is 3.68. The molecule has 1 fully saturated rings. The summed E-state index contributed by atoms with van der Waals surface area (Å²) in [5, 5.41) is 13.6. The molecule has 0 saturated carbocycles. The highest BCUT2D eigenvalue weighted by molar-refractivity contribution is 5.86. The second-order valence-corrected chi connectivity index (χ2v) is 8.97. The van der Waals surface area contributed by atoms with E-state index in [4.69, 9.17) is 4.74 Å². The zero-order valence-electron chi connectivity index (χ0n) is 19.2. The Morgan fingerprint density at radius 3 is 2.18 bits per heavy atom. The van der Waals surface area contributed by atoms with E-state index in [1.165, 1.54) is 12.1 Å². The molecule has 1 heterocycles. The van der Waals surface area contributed by atoms with Crippen molar-refractivity contribution >= 4 is 23.4 Å². The van der Waals surface area contributed by atoms with Gasteiger partial charge in [-0.25, -0.2) is 4.79 Å². The summed E-state index contributed by atoms with van der Waals surface area (Å²) >= 11 is 0. The Kier molecular flexibility index (Phi) is 7.52. The summed E-state index contributed by atoms with van der Waals surface area (Å²) < 4.78 is 5.35. The van der Waals surface area contributed by atoms with E-state index >= 15 is 0 Å². The minimum atomic E-state index is -0.843. The molecule has 0 spiro atoms. The van der Waals surface area contributed by atoms with Gasteiger partial charge in [-0.3, -0.25) is 14.9 Å². The van der Waals surface area contributed by atoms with Crippen molar-refractivity contribution < 1.29 is 19.2 Å². The van der Waals surface area contributed by atoms with Crippen molar-refractivity contribution in [2.24, 2.45) is 0 Å². The average Bonchev–Trinajstić information content (AvgIpc) is 2.78. The number of para-hydroxylation sites is 1. The molecule has 176 valence electrons. The molecule has 0 radical (unpaired) electrons. The van der Waals surface area contributed by atoms with Gasteiger partial charge >= 0.3 is 6.09 Å². The second-order valence-electron chi connectivity index (χ2n) is 8.97. The molecule has 3 rings (SSSR count). The lowest BCUT2D eigenvalue weighted by atomic mass is 10.0. The van der Waals surface area contributed by atoms with Gasteiger partial charge < -0.3 is 19.9 Å². The van der Waals surface area contributed by atoms with E-state index in [-0.39, 0.29) is 18.0 Å². The smallest absolute Gasteiger partial charge is 0.408 e. The predicted molar refractivity (Wildman–Crippen MR) is 125 cm³/mol. The van der Waals surface area contributed by atoms with E-state index < -0.39 is 22.7 Å². The topological polar surface area (TPSA) is 105 Å². The molecule has 9 nitrogen and oxygen atoms in total. The second kappa shape index (κ2) is 10.3. The molecule has 2 amide bonds. The normalized spacial score (nSPS) is 15.0. The quantitative estimate of drug-likeness (QED) is 0.530. The van der Waals surface area contributed by atoms with E-state index in [0.717, 1.165) is 5.69 Å². The Bertz CT molecular complexity index is 965. The summed E-state index contributed by atoms with van der Waals surface area (Å²) in [5.41, 5.74) is 1.09. The fourth-order valence-corrected chi connectivity index (χ4v) is 3.68. The number of amides is 2. The number of piperazine rings is 1. The van der Waals surface area contributed by atoms with Crippen molar-refractivity contribution in [1.29, 1.82) is 0 Å². The van der Waals surface area contributed by atoms with E-state index in [1.54, 1.807) is 37.8 Å². The van der Waals surface area contributed by atoms with Crippen molar-refractivity contribution in [2.75, 3.05) is 31.1 Å². The predicted octanol–water partition coefficient (Wildman–Crippen LogP) is 3.38. The summed E-state index contributed by atoms with van der Waals surface area (Å²) in [6, 6.07) is 15.2. The highest BCUT2D eigenvalue weighted by Gasteiger charge is 2.30. The lowest BCUT2D eigenvalue weighted by Crippen LogP contribution is -2.56. The van der Waals surface area contributed by atoms with E-state index in [2.05, 4.69) is 10.2 Å². The maximum absolute atomic E-state index is 13.4. The number of non-ortho nitro benzene ring substituents is 1. The van der Waals surface area contributed by atoms with Gasteiger partial charge in [0.05, 0.1) is 4.92 Å². The zero-order valence-corrected chi connectivity index (χ0v) is 19.2. The molecule has 33 heavy (non-hydrogen) atoms. The van der Waals surface area contributed by atoms with E-state index in [0.29, 0.717) is 31.7 Å². The molecule has 0 unspecified atom stereocenters. The fraction of sp³-hybridized carbons (Fsp3) is 0.417. The van der Waals surface area contributed by atoms with Gasteiger partial charge in [-0.1, -0.05) is 30.3 Å². The minimum Gasteiger partial charge on any atom is -0.444 e. The maximum Gasteiger partial charge on any atom is 0.408 e. The number of nitro benzene ring substituents is 1. The monoisotopic (exact) mass is 454 g/mol. The van der Waals surface area contributed by atoms with Crippen LogP contribution in [0.25, 0.3) is 0 Å². The standard InChI is InChI=1S/C24H30N4O5/c1-24(2,3)33-23(30)25-21(17-18-9-11-20(12-10-18)28(31)32)22(29)27-15-13-26(14-16-27)19-7-5-4-6-8-19/h4-12,21H,13-17H2,1-3H3,(H,25,30)/t21-/m0/s1. The molecule has 1 atom stereocenters. The van der Waals surface area contributed by atoms with Crippen LogP contribution in [0.4, 0.5) is 16.2 Å². The number of rotatable bonds is 6. The first-order valence-corrected chi connectivity index (χ1v) is 10.9. The van der Waals surface area contributed by atoms with Gasteiger partial charge in [0.2, 0.25) is 5.91 Å². The van der Waals surface area contributed by atoms with Crippen LogP contribution in [0, 0.1) is 10.1 Å². The Hall–Kier alpha value is -3.62. The number of alkyl carbamates (subject to hydrolysis) is 1. The molecule has 9 heteroatoms. The van der Waals surface area contributed by atoms with Crippen molar-refractivity contribution in [3.8, 4) is 0 Å². The Balaban J connectivity index is 1.70. The molecule has 0 aromatic heterocycles. The minimum absolute atomic E-state index is 0.0289. The van der Waals surface area contributed by atoms with Crippen molar-refractivity contribution in [3.63, 3.8) is 0 Å². The SMILES string of the molecule is CC(C)(C)OC(=O)N[C@@H](Cc1ccc([N+](=O)[O-])cc1)C(=O)N1CCN(c2ccccc2)CC1. The molecule has 1 N–H and O–H groups in total. The van der Waals surface area contributed by atoms with Gasteiger partial charge in [-0.2, -0.15) is 0 Å². The molecule has 0 bridgehead atoms. The van der Waals surface area contributed by atoms with Crippen LogP contribution in [0.2, 0.25) is 0 Å². The van der Waals surface area contributed by atoms with Crippen LogP contribution in [0.1, 0.15) is 26.3 Å². The van der Waals surface area contributed by atoms with E-state index in [1.807, 2.05) is 30.3 Å². The van der Waals surface area contributed by atoms with Crippen molar-refractivity contribution in [1.82, 2.24) is 10.2 Å². The first kappa shape index (κ1) is 24.0. The third-order valence-corrected chi connectivity index (χ3v) is 5.29. The number of nitrogens with one attached hydrogen (secondary N) is 1. The van der Waals surface area contributed by atoms with Crippen LogP contribution in [0.3, 0.4) is 0 Å². The maximum atomic E-state index is 13.4. The summed E-state index contributed by atoms with van der Waals surface area (Å²) in [7, 11) is 0. The van der Waals surface area contributed by atoms with Crippen LogP contribution >= 0.6 is 0 Å². The number of nitro groups is 1. The Labute approximate surface area is 193 Å². The van der Waals surface area contributed by atoms with Gasteiger partial charge in [-0.05, 0) is 38.5 Å². The van der Waals surface area contributed by atoms with Crippen LogP contribution in [-0.2, 0) is 16.0 Å². The highest BCUT2D eigenvalue weighted by atomic mass is 16.6. The molecule has 2 aromatic rings. The highest BCUT2D eigenvalue weighted by Crippen LogP contribution is 2.18. The van der Waals surface area contributed by atoms with Crippen LogP contribution in [-0.4, -0.2) is 59.6 Å². The van der Waals surface area contributed by atoms with Crippen LogP contribution in [0.15, 0.2) is 54.6 Å². The number of hydrogen-bond donors (Lipinski definition) is 1. The van der Waals surface area contributed by atoms with Crippen LogP contribution in [0.5, 0.6) is 0 Å². The molecule has 1 aliphatic rings. The van der Waals surface area contributed by atoms with Gasteiger partial charge in [0.1, 0.15) is 11.6 Å². The first-order chi connectivity index (χ1) is 15.6. The number of carbonyl (C=O) groups is 2. The van der Waals surface area contributed by atoms with Gasteiger partial charge in [0, 0.05) is 50.4 Å². The summed E-state index contributed by atoms with van der Waals surface area (Å²) in [6.07, 6.45) is -0.472. The molecule has 1 saturated heterocycles. The third-order valence-electron chi connectivity index (χ3n) is 5.29. The zero-order chi connectivity index (χ0) is 24.0. The number of hydrogen-bond acceptors (Lipinski definition) is 6. The number of carbonyl (C=O) groups excluding carboxylic acids is 2. The largest absolute Gasteiger partial charge is 0.444 e. The number of ether oxygens (including phenoxy) is 1. The number of anilines is 1. The molecular weight excluding hydrogens is 424 g/mol. The third kappa shape index (κ3) is 6.93. The lowest BCUT2D eigenvalue weighted by molar-refractivity contribution is -0.384. The summed E-state index contributed by atoms with van der Waals surface area (Å²) in [4.78, 5) is 40.2. The van der Waals surface area contributed by atoms with Gasteiger partial charge in [-0.15, -0.1) is 0 Å².